The van der Waals surface area contributed by atoms with Crippen molar-refractivity contribution in [3.05, 3.63) is 36.0 Å². The van der Waals surface area contributed by atoms with E-state index in [0.29, 0.717) is 28.6 Å². The van der Waals surface area contributed by atoms with Crippen LogP contribution < -0.4 is 4.90 Å². The molecule has 3 saturated heterocycles. The molecule has 3 aliphatic heterocycles. The number of anilines is 1. The Morgan fingerprint density at radius 2 is 2.03 bits per heavy atom. The highest BCUT2D eigenvalue weighted by atomic mass is 16.4. The standard InChI is InChI=1S/C19H13N5O5/c20-7-9-3-4-12(11-2-1-5-21-14(9)11)24-16(25)15-13-6-10(23(15)19(24)29)8-22(13)17(26)18(27)28/h1-5,10,13,15H,6,8H2,(H,27,28). The summed E-state index contributed by atoms with van der Waals surface area (Å²) >= 11 is 0. The topological polar surface area (TPSA) is 135 Å². The third-order valence-electron chi connectivity index (χ3n) is 5.82. The van der Waals surface area contributed by atoms with Crippen molar-refractivity contribution >= 4 is 40.4 Å². The van der Waals surface area contributed by atoms with Crippen molar-refractivity contribution in [2.75, 3.05) is 11.4 Å². The Morgan fingerprint density at radius 3 is 2.76 bits per heavy atom. The first kappa shape index (κ1) is 17.1. The molecule has 1 aromatic heterocycles. The summed E-state index contributed by atoms with van der Waals surface area (Å²) in [7, 11) is 0. The zero-order valence-corrected chi connectivity index (χ0v) is 14.8. The predicted octanol–water partition coefficient (Wildman–Crippen LogP) is 0.311. The van der Waals surface area contributed by atoms with Crippen LogP contribution in [-0.4, -0.2) is 68.4 Å². The summed E-state index contributed by atoms with van der Waals surface area (Å²) in [5.41, 5.74) is 1.01. The number of likely N-dealkylation sites (tertiary alicyclic amines) is 1. The Kier molecular flexibility index (Phi) is 3.39. The molecule has 2 bridgehead atoms. The molecular formula is C19H13N5O5. The second-order valence-corrected chi connectivity index (χ2v) is 7.17. The number of aliphatic carboxylic acids is 1. The number of benzene rings is 1. The first-order valence-electron chi connectivity index (χ1n) is 8.92. The molecular weight excluding hydrogens is 378 g/mol. The summed E-state index contributed by atoms with van der Waals surface area (Å²) < 4.78 is 0. The van der Waals surface area contributed by atoms with Crippen LogP contribution >= 0.6 is 0 Å². The third-order valence-corrected chi connectivity index (χ3v) is 5.82. The monoisotopic (exact) mass is 391 g/mol. The van der Waals surface area contributed by atoms with Crippen molar-refractivity contribution in [3.8, 4) is 6.07 Å². The summed E-state index contributed by atoms with van der Waals surface area (Å²) in [6.07, 6.45) is 1.90. The van der Waals surface area contributed by atoms with Gasteiger partial charge in [0, 0.05) is 18.1 Å². The van der Waals surface area contributed by atoms with Gasteiger partial charge in [-0.3, -0.25) is 14.6 Å². The van der Waals surface area contributed by atoms with Crippen molar-refractivity contribution in [2.24, 2.45) is 0 Å². The smallest absolute Gasteiger partial charge is 0.394 e. The molecule has 5 rings (SSSR count). The lowest BCUT2D eigenvalue weighted by atomic mass is 10.1. The van der Waals surface area contributed by atoms with Crippen molar-refractivity contribution in [1.29, 1.82) is 5.26 Å². The van der Waals surface area contributed by atoms with E-state index in [1.165, 1.54) is 28.1 Å². The van der Waals surface area contributed by atoms with Crippen LogP contribution in [0.4, 0.5) is 10.5 Å². The maximum absolute atomic E-state index is 13.2. The molecule has 0 radical (unpaired) electrons. The van der Waals surface area contributed by atoms with E-state index in [4.69, 9.17) is 5.11 Å². The Labute approximate surface area is 163 Å². The molecule has 0 aliphatic carbocycles. The predicted molar refractivity (Wildman–Crippen MR) is 96.5 cm³/mol. The Morgan fingerprint density at radius 1 is 1.24 bits per heavy atom. The second-order valence-electron chi connectivity index (χ2n) is 7.17. The van der Waals surface area contributed by atoms with Crippen LogP contribution in [0.1, 0.15) is 12.0 Å². The van der Waals surface area contributed by atoms with Crippen LogP contribution in [0, 0.1) is 11.3 Å². The number of carbonyl (C=O) groups is 4. The summed E-state index contributed by atoms with van der Waals surface area (Å²) in [6, 6.07) is 5.92. The Bertz CT molecular complexity index is 1170. The fraction of sp³-hybridized carbons (Fsp3) is 0.263. The Balaban J connectivity index is 1.58. The van der Waals surface area contributed by atoms with Crippen molar-refractivity contribution in [1.82, 2.24) is 14.8 Å². The number of nitriles is 1. The van der Waals surface area contributed by atoms with Gasteiger partial charge in [-0.1, -0.05) is 0 Å². The summed E-state index contributed by atoms with van der Waals surface area (Å²) in [4.78, 5) is 57.3. The van der Waals surface area contributed by atoms with E-state index >= 15 is 0 Å². The molecule has 10 heteroatoms. The van der Waals surface area contributed by atoms with E-state index in [1.807, 2.05) is 6.07 Å². The molecule has 0 saturated carbocycles. The molecule has 1 aromatic carbocycles. The first-order chi connectivity index (χ1) is 13.9. The van der Waals surface area contributed by atoms with Gasteiger partial charge < -0.3 is 14.9 Å². The number of carboxylic acids is 1. The van der Waals surface area contributed by atoms with E-state index in [0.717, 1.165) is 4.90 Å². The number of amides is 4. The van der Waals surface area contributed by atoms with Crippen LogP contribution in [0.5, 0.6) is 0 Å². The second kappa shape index (κ2) is 5.75. The van der Waals surface area contributed by atoms with Gasteiger partial charge in [0.2, 0.25) is 0 Å². The lowest BCUT2D eigenvalue weighted by Gasteiger charge is -2.33. The fourth-order valence-corrected chi connectivity index (χ4v) is 4.68. The van der Waals surface area contributed by atoms with E-state index in [1.54, 1.807) is 12.1 Å². The molecule has 144 valence electrons. The minimum absolute atomic E-state index is 0.0921. The number of hydrogen-bond donors (Lipinski definition) is 1. The van der Waals surface area contributed by atoms with E-state index in [-0.39, 0.29) is 6.54 Å². The summed E-state index contributed by atoms with van der Waals surface area (Å²) in [5, 5.41) is 18.8. The highest BCUT2D eigenvalue weighted by molar-refractivity contribution is 6.32. The Hall–Kier alpha value is -4.00. The zero-order valence-electron chi connectivity index (χ0n) is 14.8. The maximum Gasteiger partial charge on any atom is 0.394 e. The molecule has 0 spiro atoms. The van der Waals surface area contributed by atoms with Crippen LogP contribution in [0.15, 0.2) is 30.5 Å². The van der Waals surface area contributed by atoms with E-state index in [9.17, 15) is 24.4 Å². The number of pyridine rings is 1. The van der Waals surface area contributed by atoms with Gasteiger partial charge in [-0.25, -0.2) is 14.5 Å². The van der Waals surface area contributed by atoms with E-state index in [2.05, 4.69) is 4.98 Å². The third kappa shape index (κ3) is 2.12. The molecule has 29 heavy (non-hydrogen) atoms. The van der Waals surface area contributed by atoms with Crippen molar-refractivity contribution < 1.29 is 24.3 Å². The lowest BCUT2D eigenvalue weighted by Crippen LogP contribution is -2.56. The number of piperazine rings is 1. The van der Waals surface area contributed by atoms with Gasteiger partial charge in [0.05, 0.1) is 28.9 Å². The number of imide groups is 1. The number of hydrogen-bond acceptors (Lipinski definition) is 6. The molecule has 4 amide bonds. The minimum Gasteiger partial charge on any atom is -0.474 e. The van der Waals surface area contributed by atoms with Gasteiger partial charge in [-0.15, -0.1) is 0 Å². The van der Waals surface area contributed by atoms with Crippen LogP contribution in [0.3, 0.4) is 0 Å². The molecule has 4 heterocycles. The van der Waals surface area contributed by atoms with Gasteiger partial charge in [0.15, 0.2) is 0 Å². The van der Waals surface area contributed by atoms with Crippen LogP contribution in [0.2, 0.25) is 0 Å². The number of fused-ring (bicyclic) bond motifs is 6. The molecule has 3 unspecified atom stereocenters. The molecule has 10 nitrogen and oxygen atoms in total. The van der Waals surface area contributed by atoms with Gasteiger partial charge >= 0.3 is 17.9 Å². The molecule has 2 aromatic rings. The van der Waals surface area contributed by atoms with Crippen LogP contribution in [-0.2, 0) is 14.4 Å². The normalized spacial score (nSPS) is 24.9. The van der Waals surface area contributed by atoms with E-state index < -0.39 is 41.9 Å². The summed E-state index contributed by atoms with van der Waals surface area (Å²) in [6.45, 7) is 0.0921. The number of carbonyl (C=O) groups excluding carboxylic acids is 3. The molecule has 1 N–H and O–H groups in total. The van der Waals surface area contributed by atoms with Gasteiger partial charge in [0.25, 0.3) is 5.91 Å². The number of carboxylic acid groups (broad SMARTS) is 1. The quantitative estimate of drug-likeness (QED) is 0.546. The number of rotatable bonds is 1. The lowest BCUT2D eigenvalue weighted by molar-refractivity contribution is -0.157. The zero-order chi connectivity index (χ0) is 20.4. The number of urea groups is 1. The SMILES string of the molecule is N#Cc1ccc(N2C(=O)C3C4CC(CN4C(=O)C(=O)O)N3C2=O)c2cccnc12. The highest BCUT2D eigenvalue weighted by Crippen LogP contribution is 2.43. The van der Waals surface area contributed by atoms with Crippen molar-refractivity contribution in [3.63, 3.8) is 0 Å². The van der Waals surface area contributed by atoms with Crippen molar-refractivity contribution in [2.45, 2.75) is 24.5 Å². The average Bonchev–Trinajstić information content (AvgIpc) is 3.38. The number of nitrogens with zero attached hydrogens (tertiary/aromatic N) is 5. The van der Waals surface area contributed by atoms with Gasteiger partial charge in [0.1, 0.15) is 12.1 Å². The average molecular weight is 391 g/mol. The fourth-order valence-electron chi connectivity index (χ4n) is 4.68. The van der Waals surface area contributed by atoms with Gasteiger partial charge in [-0.05, 0) is 30.7 Å². The minimum atomic E-state index is -1.58. The number of aromatic nitrogens is 1. The largest absolute Gasteiger partial charge is 0.474 e. The molecule has 3 aliphatic rings. The maximum atomic E-state index is 13.2. The molecule has 3 atom stereocenters. The molecule has 3 fully saturated rings. The van der Waals surface area contributed by atoms with Gasteiger partial charge in [-0.2, -0.15) is 5.26 Å². The van der Waals surface area contributed by atoms with Crippen LogP contribution in [0.25, 0.3) is 10.9 Å². The highest BCUT2D eigenvalue weighted by Gasteiger charge is 2.63. The summed E-state index contributed by atoms with van der Waals surface area (Å²) in [5.74, 6) is -3.16. The first-order valence-corrected chi connectivity index (χ1v) is 8.92.